The van der Waals surface area contributed by atoms with Crippen LogP contribution in [0, 0.1) is 0 Å². The molecular formula is C15H22ClN5. The normalized spacial score (nSPS) is 11.3. The summed E-state index contributed by atoms with van der Waals surface area (Å²) >= 11 is 6.23. The summed E-state index contributed by atoms with van der Waals surface area (Å²) in [7, 11) is 0. The van der Waals surface area contributed by atoms with Gasteiger partial charge in [-0.2, -0.15) is 4.68 Å². The van der Waals surface area contributed by atoms with E-state index in [0.29, 0.717) is 17.6 Å². The number of aryl methyl sites for hydroxylation is 2. The maximum absolute atomic E-state index is 6.23. The second kappa shape index (κ2) is 7.00. The summed E-state index contributed by atoms with van der Waals surface area (Å²) in [6.45, 7) is 8.94. The topological polar surface area (TPSA) is 55.6 Å². The molecule has 6 heteroatoms. The quantitative estimate of drug-likeness (QED) is 0.891. The summed E-state index contributed by atoms with van der Waals surface area (Å²) in [5.41, 5.74) is 0.832. The molecule has 0 atom stereocenters. The first-order valence-corrected chi connectivity index (χ1v) is 7.76. The van der Waals surface area contributed by atoms with Gasteiger partial charge in [0, 0.05) is 25.4 Å². The number of rotatable bonds is 6. The number of hydrogen-bond donors (Lipinski definition) is 1. The molecule has 0 amide bonds. The largest absolute Gasteiger partial charge is 0.309 e. The van der Waals surface area contributed by atoms with Crippen molar-refractivity contribution < 1.29 is 0 Å². The van der Waals surface area contributed by atoms with Gasteiger partial charge in [0.05, 0.1) is 10.7 Å². The standard InChI is InChI=1S/C15H22ClN5/c1-5-13-19-14(6-2)21(20-13)15-8-7-11(16)12(18-15)9-17-10(3)4/h7-8,10,17H,5-6,9H2,1-4H3. The van der Waals surface area contributed by atoms with Crippen molar-refractivity contribution in [1.29, 1.82) is 0 Å². The van der Waals surface area contributed by atoms with Crippen molar-refractivity contribution in [2.75, 3.05) is 0 Å². The number of nitrogens with one attached hydrogen (secondary N) is 1. The van der Waals surface area contributed by atoms with Gasteiger partial charge in [-0.05, 0) is 12.1 Å². The zero-order valence-electron chi connectivity index (χ0n) is 13.0. The van der Waals surface area contributed by atoms with Gasteiger partial charge in [-0.25, -0.2) is 9.97 Å². The van der Waals surface area contributed by atoms with Crippen LogP contribution in [0.3, 0.4) is 0 Å². The summed E-state index contributed by atoms with van der Waals surface area (Å²) in [5, 5.41) is 8.52. The van der Waals surface area contributed by atoms with E-state index in [1.54, 1.807) is 0 Å². The highest BCUT2D eigenvalue weighted by atomic mass is 35.5. The molecular weight excluding hydrogens is 286 g/mol. The van der Waals surface area contributed by atoms with Gasteiger partial charge >= 0.3 is 0 Å². The minimum absolute atomic E-state index is 0.385. The molecule has 0 fully saturated rings. The molecule has 0 aromatic carbocycles. The fourth-order valence-corrected chi connectivity index (χ4v) is 2.14. The van der Waals surface area contributed by atoms with E-state index in [1.807, 2.05) is 23.7 Å². The van der Waals surface area contributed by atoms with Crippen molar-refractivity contribution in [3.05, 3.63) is 34.5 Å². The second-order valence-corrected chi connectivity index (χ2v) is 5.60. The Labute approximate surface area is 130 Å². The molecule has 0 saturated heterocycles. The van der Waals surface area contributed by atoms with Crippen LogP contribution in [0.4, 0.5) is 0 Å². The van der Waals surface area contributed by atoms with E-state index >= 15 is 0 Å². The van der Waals surface area contributed by atoms with E-state index in [1.165, 1.54) is 0 Å². The van der Waals surface area contributed by atoms with Gasteiger partial charge in [0.15, 0.2) is 11.6 Å². The van der Waals surface area contributed by atoms with Gasteiger partial charge in [-0.1, -0.05) is 39.3 Å². The minimum atomic E-state index is 0.385. The summed E-state index contributed by atoms with van der Waals surface area (Å²) in [6, 6.07) is 4.14. The van der Waals surface area contributed by atoms with Crippen LogP contribution >= 0.6 is 11.6 Å². The van der Waals surface area contributed by atoms with E-state index in [0.717, 1.165) is 36.0 Å². The van der Waals surface area contributed by atoms with Crippen LogP contribution in [-0.2, 0) is 19.4 Å². The van der Waals surface area contributed by atoms with Crippen molar-refractivity contribution in [3.8, 4) is 5.82 Å². The zero-order chi connectivity index (χ0) is 15.4. The summed E-state index contributed by atoms with van der Waals surface area (Å²) in [4.78, 5) is 9.15. The average molecular weight is 308 g/mol. The molecule has 0 unspecified atom stereocenters. The molecule has 2 aromatic heterocycles. The smallest absolute Gasteiger partial charge is 0.155 e. The highest BCUT2D eigenvalue weighted by Gasteiger charge is 2.12. The minimum Gasteiger partial charge on any atom is -0.309 e. The molecule has 2 heterocycles. The molecule has 5 nitrogen and oxygen atoms in total. The van der Waals surface area contributed by atoms with Gasteiger partial charge in [0.2, 0.25) is 0 Å². The SMILES string of the molecule is CCc1nc(CC)n(-c2ccc(Cl)c(CNC(C)C)n2)n1. The van der Waals surface area contributed by atoms with E-state index in [-0.39, 0.29) is 0 Å². The Kier molecular flexibility index (Phi) is 5.31. The lowest BCUT2D eigenvalue weighted by molar-refractivity contribution is 0.580. The van der Waals surface area contributed by atoms with Crippen LogP contribution in [0.1, 0.15) is 45.0 Å². The Morgan fingerprint density at radius 1 is 1.19 bits per heavy atom. The van der Waals surface area contributed by atoms with Crippen LogP contribution in [0.5, 0.6) is 0 Å². The molecule has 0 bridgehead atoms. The van der Waals surface area contributed by atoms with Crippen LogP contribution < -0.4 is 5.32 Å². The third-order valence-electron chi connectivity index (χ3n) is 3.15. The summed E-state index contributed by atoms with van der Waals surface area (Å²) in [6.07, 6.45) is 1.63. The van der Waals surface area contributed by atoms with Gasteiger partial charge < -0.3 is 5.32 Å². The Morgan fingerprint density at radius 2 is 1.95 bits per heavy atom. The molecule has 0 spiro atoms. The molecule has 114 valence electrons. The molecule has 21 heavy (non-hydrogen) atoms. The Balaban J connectivity index is 2.35. The van der Waals surface area contributed by atoms with E-state index in [9.17, 15) is 0 Å². The first kappa shape index (κ1) is 15.9. The van der Waals surface area contributed by atoms with E-state index < -0.39 is 0 Å². The Bertz CT molecular complexity index is 606. The maximum atomic E-state index is 6.23. The van der Waals surface area contributed by atoms with E-state index in [4.69, 9.17) is 11.6 Å². The third kappa shape index (κ3) is 3.80. The number of halogens is 1. The number of pyridine rings is 1. The van der Waals surface area contributed by atoms with Crippen molar-refractivity contribution in [2.45, 2.75) is 53.1 Å². The Morgan fingerprint density at radius 3 is 2.57 bits per heavy atom. The fourth-order valence-electron chi connectivity index (χ4n) is 1.97. The maximum Gasteiger partial charge on any atom is 0.155 e. The molecule has 0 aliphatic heterocycles. The predicted octanol–water partition coefficient (Wildman–Crippen LogP) is 2.94. The van der Waals surface area contributed by atoms with Crippen molar-refractivity contribution in [1.82, 2.24) is 25.1 Å². The van der Waals surface area contributed by atoms with Gasteiger partial charge in [-0.15, -0.1) is 5.10 Å². The van der Waals surface area contributed by atoms with Crippen molar-refractivity contribution in [2.24, 2.45) is 0 Å². The highest BCUT2D eigenvalue weighted by Crippen LogP contribution is 2.17. The third-order valence-corrected chi connectivity index (χ3v) is 3.49. The molecule has 1 N–H and O–H groups in total. The lowest BCUT2D eigenvalue weighted by Gasteiger charge is -2.11. The first-order chi connectivity index (χ1) is 10.0. The van der Waals surface area contributed by atoms with Gasteiger partial charge in [-0.3, -0.25) is 0 Å². The van der Waals surface area contributed by atoms with Crippen LogP contribution in [-0.4, -0.2) is 25.8 Å². The van der Waals surface area contributed by atoms with Crippen molar-refractivity contribution >= 4 is 11.6 Å². The molecule has 2 rings (SSSR count). The summed E-state index contributed by atoms with van der Waals surface area (Å²) < 4.78 is 1.81. The zero-order valence-corrected chi connectivity index (χ0v) is 13.8. The molecule has 0 saturated carbocycles. The van der Waals surface area contributed by atoms with Crippen LogP contribution in [0.25, 0.3) is 5.82 Å². The monoisotopic (exact) mass is 307 g/mol. The fraction of sp³-hybridized carbons (Fsp3) is 0.533. The molecule has 0 aliphatic carbocycles. The number of nitrogens with zero attached hydrogens (tertiary/aromatic N) is 4. The number of aromatic nitrogens is 4. The highest BCUT2D eigenvalue weighted by molar-refractivity contribution is 6.31. The van der Waals surface area contributed by atoms with E-state index in [2.05, 4.69) is 41.2 Å². The van der Waals surface area contributed by atoms with Gasteiger partial charge in [0.25, 0.3) is 0 Å². The average Bonchev–Trinajstić information content (AvgIpc) is 2.89. The van der Waals surface area contributed by atoms with Crippen molar-refractivity contribution in [3.63, 3.8) is 0 Å². The lowest BCUT2D eigenvalue weighted by Crippen LogP contribution is -2.23. The van der Waals surface area contributed by atoms with Crippen LogP contribution in [0.2, 0.25) is 5.02 Å². The first-order valence-electron chi connectivity index (χ1n) is 7.39. The molecule has 0 radical (unpaired) electrons. The molecule has 2 aromatic rings. The lowest BCUT2D eigenvalue weighted by atomic mass is 10.3. The van der Waals surface area contributed by atoms with Crippen LogP contribution in [0.15, 0.2) is 12.1 Å². The Hall–Kier alpha value is -1.46. The second-order valence-electron chi connectivity index (χ2n) is 5.20. The predicted molar refractivity (Wildman–Crippen MR) is 84.9 cm³/mol. The van der Waals surface area contributed by atoms with Gasteiger partial charge in [0.1, 0.15) is 5.82 Å². The molecule has 0 aliphatic rings. The number of hydrogen-bond acceptors (Lipinski definition) is 4. The summed E-state index contributed by atoms with van der Waals surface area (Å²) in [5.74, 6) is 2.53.